The minimum atomic E-state index is -4.01. The van der Waals surface area contributed by atoms with E-state index in [1.165, 1.54) is 24.3 Å². The van der Waals surface area contributed by atoms with E-state index in [0.717, 1.165) is 25.9 Å². The molecule has 0 spiro atoms. The molecule has 2 saturated heterocycles. The van der Waals surface area contributed by atoms with Crippen LogP contribution in [-0.2, 0) is 14.8 Å². The van der Waals surface area contributed by atoms with Crippen molar-refractivity contribution in [2.75, 3.05) is 30.9 Å². The second kappa shape index (κ2) is 12.6. The first kappa shape index (κ1) is 29.7. The number of carbonyl (C=O) groups excluding carboxylic acids is 1. The van der Waals surface area contributed by atoms with Crippen LogP contribution in [0.25, 0.3) is 0 Å². The van der Waals surface area contributed by atoms with E-state index in [9.17, 15) is 13.2 Å². The minimum absolute atomic E-state index is 0.0205. The number of piperidine rings is 1. The summed E-state index contributed by atoms with van der Waals surface area (Å²) in [7, 11) is -4.01. The Morgan fingerprint density at radius 1 is 0.951 bits per heavy atom. The molecule has 1 N–H and O–H groups in total. The molecule has 0 aliphatic carbocycles. The number of nitrogens with zero attached hydrogens (tertiary/aromatic N) is 2. The lowest BCUT2D eigenvalue weighted by Crippen LogP contribution is -2.53. The van der Waals surface area contributed by atoms with E-state index in [4.69, 9.17) is 32.7 Å². The Kier molecular flexibility index (Phi) is 9.11. The Morgan fingerprint density at radius 3 is 2.27 bits per heavy atom. The van der Waals surface area contributed by atoms with Crippen molar-refractivity contribution in [3.63, 3.8) is 0 Å². The standard InChI is InChI=1S/C30H33Cl2N3O5S/c1-20-18-35(19-21(2)39-20)23-13-15-34(16-14-23)30(36)26-17-22(31)7-12-28(26)33-41(37,38)25-10-8-24(9-11-25)40-29-6-4-3-5-27(29)32/h3-12,17,20-21,23,33H,13-16,18-19H2,1-2H3/t20-,21+. The van der Waals surface area contributed by atoms with Crippen molar-refractivity contribution in [3.05, 3.63) is 82.3 Å². The molecule has 11 heteroatoms. The number of nitrogens with one attached hydrogen (secondary N) is 1. The van der Waals surface area contributed by atoms with Crippen LogP contribution in [0.5, 0.6) is 11.5 Å². The van der Waals surface area contributed by atoms with Gasteiger partial charge in [0.2, 0.25) is 0 Å². The molecule has 0 bridgehead atoms. The molecule has 3 aromatic carbocycles. The number of carbonyl (C=O) groups is 1. The van der Waals surface area contributed by atoms with E-state index in [1.807, 2.05) is 0 Å². The molecule has 2 fully saturated rings. The van der Waals surface area contributed by atoms with Crippen LogP contribution in [0.4, 0.5) is 5.69 Å². The highest BCUT2D eigenvalue weighted by atomic mass is 35.5. The first-order valence-electron chi connectivity index (χ1n) is 13.6. The average Bonchev–Trinajstić information content (AvgIpc) is 2.95. The second-order valence-electron chi connectivity index (χ2n) is 10.5. The molecule has 2 aliphatic rings. The molecule has 5 rings (SSSR count). The number of ether oxygens (including phenoxy) is 2. The number of para-hydroxylation sites is 1. The molecule has 218 valence electrons. The van der Waals surface area contributed by atoms with E-state index < -0.39 is 10.0 Å². The molecule has 0 aromatic heterocycles. The number of hydrogen-bond donors (Lipinski definition) is 1. The number of rotatable bonds is 7. The molecule has 0 saturated carbocycles. The number of halogens is 2. The number of anilines is 1. The van der Waals surface area contributed by atoms with Gasteiger partial charge in [-0.2, -0.15) is 0 Å². The lowest BCUT2D eigenvalue weighted by atomic mass is 10.00. The SMILES string of the molecule is C[C@@H]1CN(C2CCN(C(=O)c3cc(Cl)ccc3NS(=O)(=O)c3ccc(Oc4ccccc4Cl)cc3)CC2)C[C@H](C)O1. The summed E-state index contributed by atoms with van der Waals surface area (Å²) in [6.07, 6.45) is 2.06. The normalized spacial score (nSPS) is 20.5. The first-order valence-corrected chi connectivity index (χ1v) is 15.9. The van der Waals surface area contributed by atoms with E-state index in [0.29, 0.717) is 40.7 Å². The van der Waals surface area contributed by atoms with E-state index in [2.05, 4.69) is 23.5 Å². The zero-order valence-corrected chi connectivity index (χ0v) is 25.3. The van der Waals surface area contributed by atoms with Crippen LogP contribution in [0, 0.1) is 0 Å². The fraction of sp³-hybridized carbons (Fsp3) is 0.367. The summed E-state index contributed by atoms with van der Waals surface area (Å²) >= 11 is 12.4. The molecular formula is C30H33Cl2N3O5S. The summed E-state index contributed by atoms with van der Waals surface area (Å²) in [5, 5.41) is 0.795. The average molecular weight is 619 g/mol. The van der Waals surface area contributed by atoms with Crippen LogP contribution in [0.3, 0.4) is 0 Å². The summed E-state index contributed by atoms with van der Waals surface area (Å²) in [6, 6.07) is 18.0. The molecule has 2 heterocycles. The van der Waals surface area contributed by atoms with Gasteiger partial charge in [-0.25, -0.2) is 8.42 Å². The van der Waals surface area contributed by atoms with Gasteiger partial charge in [0.15, 0.2) is 0 Å². The summed E-state index contributed by atoms with van der Waals surface area (Å²) in [6.45, 7) is 7.11. The van der Waals surface area contributed by atoms with Crippen molar-refractivity contribution >= 4 is 44.8 Å². The van der Waals surface area contributed by atoms with Gasteiger partial charge in [0, 0.05) is 37.2 Å². The second-order valence-corrected chi connectivity index (χ2v) is 13.1. The van der Waals surface area contributed by atoms with Crippen LogP contribution < -0.4 is 9.46 Å². The molecular weight excluding hydrogens is 585 g/mol. The third kappa shape index (κ3) is 7.16. The van der Waals surface area contributed by atoms with E-state index in [1.54, 1.807) is 47.4 Å². The molecule has 41 heavy (non-hydrogen) atoms. The number of morpholine rings is 1. The van der Waals surface area contributed by atoms with Crippen molar-refractivity contribution in [1.82, 2.24) is 9.80 Å². The third-order valence-corrected chi connectivity index (χ3v) is 9.30. The van der Waals surface area contributed by atoms with Crippen LogP contribution in [0.1, 0.15) is 37.0 Å². The van der Waals surface area contributed by atoms with Gasteiger partial charge in [0.05, 0.1) is 33.4 Å². The topological polar surface area (TPSA) is 88.2 Å². The van der Waals surface area contributed by atoms with Crippen molar-refractivity contribution in [3.8, 4) is 11.5 Å². The zero-order valence-electron chi connectivity index (χ0n) is 22.9. The van der Waals surface area contributed by atoms with Gasteiger partial charge in [-0.15, -0.1) is 0 Å². The lowest BCUT2D eigenvalue weighted by molar-refractivity contribution is -0.0856. The Hall–Kier alpha value is -2.82. The van der Waals surface area contributed by atoms with Crippen LogP contribution >= 0.6 is 23.2 Å². The molecule has 0 unspecified atom stereocenters. The Labute approximate surface area is 251 Å². The quantitative estimate of drug-likeness (QED) is 0.335. The molecule has 3 aromatic rings. The van der Waals surface area contributed by atoms with Crippen molar-refractivity contribution in [2.45, 2.75) is 49.8 Å². The number of hydrogen-bond acceptors (Lipinski definition) is 6. The van der Waals surface area contributed by atoms with Crippen LogP contribution in [0.2, 0.25) is 10.0 Å². The summed E-state index contributed by atoms with van der Waals surface area (Å²) in [5.74, 6) is 0.643. The van der Waals surface area contributed by atoms with Gasteiger partial charge in [0.25, 0.3) is 15.9 Å². The predicted octanol–water partition coefficient (Wildman–Crippen LogP) is 6.30. The Balaban J connectivity index is 1.27. The first-order chi connectivity index (χ1) is 19.6. The molecule has 2 aliphatic heterocycles. The highest BCUT2D eigenvalue weighted by Gasteiger charge is 2.32. The summed E-state index contributed by atoms with van der Waals surface area (Å²) < 4.78 is 40.8. The predicted molar refractivity (Wildman–Crippen MR) is 161 cm³/mol. The monoisotopic (exact) mass is 617 g/mol. The zero-order chi connectivity index (χ0) is 29.1. The fourth-order valence-corrected chi connectivity index (χ4v) is 6.87. The maximum Gasteiger partial charge on any atom is 0.261 e. The highest BCUT2D eigenvalue weighted by molar-refractivity contribution is 7.92. The van der Waals surface area contributed by atoms with E-state index in [-0.39, 0.29) is 34.3 Å². The largest absolute Gasteiger partial charge is 0.456 e. The number of amides is 1. The smallest absolute Gasteiger partial charge is 0.261 e. The molecule has 1 amide bonds. The van der Waals surface area contributed by atoms with Gasteiger partial charge in [0.1, 0.15) is 11.5 Å². The third-order valence-electron chi connectivity index (χ3n) is 7.37. The molecule has 0 radical (unpaired) electrons. The Bertz CT molecular complexity index is 1480. The highest BCUT2D eigenvalue weighted by Crippen LogP contribution is 2.31. The maximum absolute atomic E-state index is 13.6. The number of benzene rings is 3. The lowest BCUT2D eigenvalue weighted by Gasteiger charge is -2.43. The fourth-order valence-electron chi connectivity index (χ4n) is 5.45. The Morgan fingerprint density at radius 2 is 1.61 bits per heavy atom. The number of sulfonamides is 1. The molecule has 8 nitrogen and oxygen atoms in total. The number of likely N-dealkylation sites (tertiary alicyclic amines) is 1. The van der Waals surface area contributed by atoms with Crippen molar-refractivity contribution in [2.24, 2.45) is 0 Å². The van der Waals surface area contributed by atoms with Crippen molar-refractivity contribution in [1.29, 1.82) is 0 Å². The minimum Gasteiger partial charge on any atom is -0.456 e. The van der Waals surface area contributed by atoms with Gasteiger partial charge < -0.3 is 14.4 Å². The maximum atomic E-state index is 13.6. The summed E-state index contributed by atoms with van der Waals surface area (Å²) in [4.78, 5) is 17.9. The van der Waals surface area contributed by atoms with Gasteiger partial charge in [-0.1, -0.05) is 35.3 Å². The summed E-state index contributed by atoms with van der Waals surface area (Å²) in [5.41, 5.74) is 0.389. The van der Waals surface area contributed by atoms with E-state index >= 15 is 0 Å². The van der Waals surface area contributed by atoms with Gasteiger partial charge >= 0.3 is 0 Å². The van der Waals surface area contributed by atoms with Crippen LogP contribution in [-0.4, -0.2) is 68.6 Å². The molecule has 2 atom stereocenters. The van der Waals surface area contributed by atoms with Crippen LogP contribution in [0.15, 0.2) is 71.6 Å². The van der Waals surface area contributed by atoms with Gasteiger partial charge in [-0.05, 0) is 81.3 Å². The van der Waals surface area contributed by atoms with Crippen molar-refractivity contribution < 1.29 is 22.7 Å². The van der Waals surface area contributed by atoms with Gasteiger partial charge in [-0.3, -0.25) is 14.4 Å².